The minimum atomic E-state index is -0.00826. The maximum atomic E-state index is 13.1. The number of benzene rings is 2. The standard InChI is InChI=1S/C27H29N3O2S/c1-7-29-26(31)25(33-27(29)28-22-9-11-23(32-6)12-10-22)16-21-15-19(4)30(20(21)5)24-13-8-17(2)14-18(24)3/h8-16H,7H2,1-6H3/b25-16+,28-27?. The van der Waals surface area contributed by atoms with Gasteiger partial charge in [-0.2, -0.15) is 0 Å². The molecule has 0 spiro atoms. The lowest BCUT2D eigenvalue weighted by atomic mass is 10.1. The molecule has 0 unspecified atom stereocenters. The second-order valence-corrected chi connectivity index (χ2v) is 9.21. The highest BCUT2D eigenvalue weighted by Crippen LogP contribution is 2.35. The quantitative estimate of drug-likeness (QED) is 0.418. The first-order chi connectivity index (χ1) is 15.8. The Morgan fingerprint density at radius 3 is 2.39 bits per heavy atom. The molecule has 0 N–H and O–H groups in total. The van der Waals surface area contributed by atoms with Gasteiger partial charge in [-0.3, -0.25) is 9.69 Å². The van der Waals surface area contributed by atoms with Crippen molar-refractivity contribution in [3.8, 4) is 11.4 Å². The van der Waals surface area contributed by atoms with Crippen LogP contribution in [0.15, 0.2) is 58.4 Å². The van der Waals surface area contributed by atoms with Crippen LogP contribution in [0.25, 0.3) is 11.8 Å². The third-order valence-electron chi connectivity index (χ3n) is 5.85. The van der Waals surface area contributed by atoms with Gasteiger partial charge in [-0.05, 0) is 100.0 Å². The lowest BCUT2D eigenvalue weighted by Crippen LogP contribution is -2.28. The number of carbonyl (C=O) groups excluding carboxylic acids is 1. The molecule has 1 aromatic heterocycles. The van der Waals surface area contributed by atoms with Crippen LogP contribution in [0.5, 0.6) is 5.75 Å². The van der Waals surface area contributed by atoms with Crippen LogP contribution in [-0.4, -0.2) is 34.2 Å². The lowest BCUT2D eigenvalue weighted by molar-refractivity contribution is -0.122. The number of likely N-dealkylation sites (N-methyl/N-ethyl adjacent to an activating group) is 1. The summed E-state index contributed by atoms with van der Waals surface area (Å²) in [7, 11) is 1.64. The van der Waals surface area contributed by atoms with Gasteiger partial charge in [-0.1, -0.05) is 17.7 Å². The van der Waals surface area contributed by atoms with Gasteiger partial charge in [0.2, 0.25) is 0 Å². The minimum Gasteiger partial charge on any atom is -0.497 e. The van der Waals surface area contributed by atoms with Gasteiger partial charge in [-0.25, -0.2) is 4.99 Å². The molecule has 0 saturated carbocycles. The minimum absolute atomic E-state index is 0.00826. The first-order valence-corrected chi connectivity index (χ1v) is 11.8. The highest BCUT2D eigenvalue weighted by Gasteiger charge is 2.32. The molecule has 0 radical (unpaired) electrons. The van der Waals surface area contributed by atoms with Crippen LogP contribution >= 0.6 is 11.8 Å². The molecule has 1 fully saturated rings. The maximum Gasteiger partial charge on any atom is 0.266 e. The van der Waals surface area contributed by atoms with Crippen LogP contribution in [-0.2, 0) is 4.79 Å². The monoisotopic (exact) mass is 459 g/mol. The summed E-state index contributed by atoms with van der Waals surface area (Å²) < 4.78 is 7.48. The molecule has 2 aromatic carbocycles. The number of nitrogens with zero attached hydrogens (tertiary/aromatic N) is 3. The van der Waals surface area contributed by atoms with Crippen molar-refractivity contribution in [1.29, 1.82) is 0 Å². The van der Waals surface area contributed by atoms with Gasteiger partial charge < -0.3 is 9.30 Å². The summed E-state index contributed by atoms with van der Waals surface area (Å²) in [5, 5.41) is 0.696. The summed E-state index contributed by atoms with van der Waals surface area (Å²) in [6, 6.07) is 16.2. The molecule has 6 heteroatoms. The Balaban J connectivity index is 1.69. The number of ether oxygens (including phenoxy) is 1. The zero-order chi connectivity index (χ0) is 23.7. The normalized spacial score (nSPS) is 16.3. The maximum absolute atomic E-state index is 13.1. The van der Waals surface area contributed by atoms with E-state index in [-0.39, 0.29) is 5.91 Å². The summed E-state index contributed by atoms with van der Waals surface area (Å²) in [4.78, 5) is 20.3. The first kappa shape index (κ1) is 22.9. The molecule has 1 saturated heterocycles. The Hall–Kier alpha value is -3.25. The van der Waals surface area contributed by atoms with Gasteiger partial charge in [-0.15, -0.1) is 0 Å². The third kappa shape index (κ3) is 4.48. The van der Waals surface area contributed by atoms with E-state index >= 15 is 0 Å². The van der Waals surface area contributed by atoms with Crippen LogP contribution in [0, 0.1) is 27.7 Å². The smallest absolute Gasteiger partial charge is 0.266 e. The summed E-state index contributed by atoms with van der Waals surface area (Å²) in [5.41, 5.74) is 7.74. The number of hydrogen-bond donors (Lipinski definition) is 0. The third-order valence-corrected chi connectivity index (χ3v) is 6.86. The van der Waals surface area contributed by atoms with Crippen LogP contribution in [0.1, 0.15) is 35.0 Å². The number of aliphatic imine (C=N–C) groups is 1. The van der Waals surface area contributed by atoms with Crippen molar-refractivity contribution >= 4 is 34.6 Å². The van der Waals surface area contributed by atoms with E-state index in [1.54, 1.807) is 12.0 Å². The number of carbonyl (C=O) groups is 1. The van der Waals surface area contributed by atoms with Crippen molar-refractivity contribution in [2.45, 2.75) is 34.6 Å². The Morgan fingerprint density at radius 1 is 1.03 bits per heavy atom. The largest absolute Gasteiger partial charge is 0.497 e. The van der Waals surface area contributed by atoms with Gasteiger partial charge in [0.15, 0.2) is 5.17 Å². The molecule has 0 atom stereocenters. The van der Waals surface area contributed by atoms with E-state index in [4.69, 9.17) is 9.73 Å². The van der Waals surface area contributed by atoms with E-state index in [1.165, 1.54) is 28.6 Å². The first-order valence-electron chi connectivity index (χ1n) is 11.0. The van der Waals surface area contributed by atoms with Crippen molar-refractivity contribution in [3.05, 3.63) is 81.5 Å². The molecule has 0 aliphatic carbocycles. The van der Waals surface area contributed by atoms with E-state index in [1.807, 2.05) is 37.3 Å². The highest BCUT2D eigenvalue weighted by molar-refractivity contribution is 8.18. The fourth-order valence-electron chi connectivity index (χ4n) is 4.14. The van der Waals surface area contributed by atoms with Gasteiger partial charge in [0.05, 0.1) is 17.7 Å². The zero-order valence-corrected chi connectivity index (χ0v) is 20.8. The lowest BCUT2D eigenvalue weighted by Gasteiger charge is -2.13. The average Bonchev–Trinajstić information content (AvgIpc) is 3.23. The van der Waals surface area contributed by atoms with Crippen molar-refractivity contribution in [3.63, 3.8) is 0 Å². The van der Waals surface area contributed by atoms with Crippen molar-refractivity contribution in [2.75, 3.05) is 13.7 Å². The molecule has 4 rings (SSSR count). The van der Waals surface area contributed by atoms with Gasteiger partial charge >= 0.3 is 0 Å². The van der Waals surface area contributed by atoms with Crippen LogP contribution in [0.4, 0.5) is 5.69 Å². The predicted molar refractivity (Wildman–Crippen MR) is 138 cm³/mol. The van der Waals surface area contributed by atoms with E-state index < -0.39 is 0 Å². The van der Waals surface area contributed by atoms with Crippen molar-refractivity contribution in [1.82, 2.24) is 9.47 Å². The van der Waals surface area contributed by atoms with Gasteiger partial charge in [0, 0.05) is 23.6 Å². The molecule has 1 aliphatic heterocycles. The van der Waals surface area contributed by atoms with E-state index in [0.29, 0.717) is 16.6 Å². The molecule has 33 heavy (non-hydrogen) atoms. The number of aromatic nitrogens is 1. The van der Waals surface area contributed by atoms with Gasteiger partial charge in [0.25, 0.3) is 5.91 Å². The number of methoxy groups -OCH3 is 1. The number of aryl methyl sites for hydroxylation is 3. The fourth-order valence-corrected chi connectivity index (χ4v) is 5.19. The topological polar surface area (TPSA) is 46.8 Å². The predicted octanol–water partition coefficient (Wildman–Crippen LogP) is 6.34. The Morgan fingerprint density at radius 2 is 1.76 bits per heavy atom. The molecule has 170 valence electrons. The fraction of sp³-hybridized carbons (Fsp3) is 0.259. The number of hydrogen-bond acceptors (Lipinski definition) is 4. The molecule has 3 aromatic rings. The van der Waals surface area contributed by atoms with Crippen LogP contribution < -0.4 is 4.74 Å². The van der Waals surface area contributed by atoms with E-state index in [2.05, 4.69) is 56.5 Å². The number of amidine groups is 1. The highest BCUT2D eigenvalue weighted by atomic mass is 32.2. The Kier molecular flexibility index (Phi) is 6.47. The molecule has 1 amide bonds. The Labute approximate surface area is 199 Å². The van der Waals surface area contributed by atoms with Gasteiger partial charge in [0.1, 0.15) is 5.75 Å². The number of rotatable bonds is 5. The second-order valence-electron chi connectivity index (χ2n) is 8.20. The molecule has 0 bridgehead atoms. The van der Waals surface area contributed by atoms with Crippen molar-refractivity contribution < 1.29 is 9.53 Å². The zero-order valence-electron chi connectivity index (χ0n) is 20.0. The van der Waals surface area contributed by atoms with Crippen LogP contribution in [0.3, 0.4) is 0 Å². The molecule has 5 nitrogen and oxygen atoms in total. The second kappa shape index (κ2) is 9.32. The summed E-state index contributed by atoms with van der Waals surface area (Å²) >= 11 is 1.42. The molecular weight excluding hydrogens is 430 g/mol. The Bertz CT molecular complexity index is 1270. The van der Waals surface area contributed by atoms with E-state index in [9.17, 15) is 4.79 Å². The average molecular weight is 460 g/mol. The summed E-state index contributed by atoms with van der Waals surface area (Å²) in [6.45, 7) is 11.0. The SMILES string of the molecule is CCN1C(=O)/C(=C\c2cc(C)n(-c3ccc(C)cc3C)c2C)SC1=Nc1ccc(OC)cc1. The van der Waals surface area contributed by atoms with E-state index in [0.717, 1.165) is 28.4 Å². The van der Waals surface area contributed by atoms with Crippen LogP contribution in [0.2, 0.25) is 0 Å². The number of thioether (sulfide) groups is 1. The molecular formula is C27H29N3O2S. The number of amides is 1. The summed E-state index contributed by atoms with van der Waals surface area (Å²) in [6.07, 6.45) is 1.99. The van der Waals surface area contributed by atoms with Crippen molar-refractivity contribution in [2.24, 2.45) is 4.99 Å². The molecule has 1 aliphatic rings. The molecule has 2 heterocycles. The summed E-state index contributed by atoms with van der Waals surface area (Å²) in [5.74, 6) is 0.771.